The zero-order valence-electron chi connectivity index (χ0n) is 22.3. The minimum absolute atomic E-state index is 0.0933. The highest BCUT2D eigenvalue weighted by Crippen LogP contribution is 2.21. The van der Waals surface area contributed by atoms with Crippen molar-refractivity contribution in [3.05, 3.63) is 36.0 Å². The number of nitrogens with zero attached hydrogens (tertiary/aromatic N) is 1. The lowest BCUT2D eigenvalue weighted by atomic mass is 9.96. The summed E-state index contributed by atoms with van der Waals surface area (Å²) in [4.78, 5) is 67.2. The molecule has 0 bridgehead atoms. The second kappa shape index (κ2) is 13.2. The first-order valence-electron chi connectivity index (χ1n) is 13.3. The number of hydrogen-bond donors (Lipinski definition) is 6. The van der Waals surface area contributed by atoms with Crippen LogP contribution in [0, 0.1) is 5.92 Å². The lowest BCUT2D eigenvalue weighted by molar-refractivity contribution is -0.149. The number of carboxylic acids is 1. The van der Waals surface area contributed by atoms with Crippen molar-refractivity contribution in [3.63, 3.8) is 0 Å². The summed E-state index contributed by atoms with van der Waals surface area (Å²) in [6.07, 6.45) is 3.13. The van der Waals surface area contributed by atoms with Crippen LogP contribution < -0.4 is 22.1 Å². The number of nitrogens with two attached hydrogens (primary N) is 2. The van der Waals surface area contributed by atoms with Crippen LogP contribution in [0.3, 0.4) is 0 Å². The summed E-state index contributed by atoms with van der Waals surface area (Å²) in [6, 6.07) is 3.53. The zero-order chi connectivity index (χ0) is 28.7. The third kappa shape index (κ3) is 7.34. The van der Waals surface area contributed by atoms with Crippen molar-refractivity contribution < 1.29 is 29.1 Å². The van der Waals surface area contributed by atoms with Gasteiger partial charge in [-0.05, 0) is 43.2 Å². The number of fused-ring (bicyclic) bond motifs is 1. The molecule has 212 valence electrons. The number of aromatic amines is 1. The van der Waals surface area contributed by atoms with Gasteiger partial charge < -0.3 is 37.1 Å². The van der Waals surface area contributed by atoms with Crippen molar-refractivity contribution in [2.45, 2.75) is 76.5 Å². The molecule has 3 rings (SSSR count). The number of rotatable bonds is 13. The van der Waals surface area contributed by atoms with Crippen LogP contribution in [0.1, 0.15) is 51.5 Å². The molecule has 4 amide bonds. The number of carbonyl (C=O) groups is 5. The number of likely N-dealkylation sites (tertiary alicyclic amines) is 1. The van der Waals surface area contributed by atoms with Gasteiger partial charge in [-0.2, -0.15) is 0 Å². The molecular formula is C27H38N6O6. The summed E-state index contributed by atoms with van der Waals surface area (Å²) in [7, 11) is 0. The molecule has 39 heavy (non-hydrogen) atoms. The van der Waals surface area contributed by atoms with E-state index in [0.717, 1.165) is 16.5 Å². The van der Waals surface area contributed by atoms with Gasteiger partial charge in [-0.25, -0.2) is 4.79 Å². The number of aromatic nitrogens is 1. The molecule has 8 N–H and O–H groups in total. The fraction of sp³-hybridized carbons (Fsp3) is 0.519. The topological polar surface area (TPSA) is 201 Å². The molecule has 1 saturated heterocycles. The third-order valence-electron chi connectivity index (χ3n) is 7.36. The second-order valence-electron chi connectivity index (χ2n) is 10.1. The number of aliphatic carboxylic acids is 1. The first-order valence-corrected chi connectivity index (χ1v) is 13.3. The average Bonchev–Trinajstić information content (AvgIpc) is 3.56. The van der Waals surface area contributed by atoms with Crippen LogP contribution in [0.4, 0.5) is 0 Å². The van der Waals surface area contributed by atoms with E-state index in [4.69, 9.17) is 11.5 Å². The Morgan fingerprint density at radius 1 is 1.15 bits per heavy atom. The quantitative estimate of drug-likeness (QED) is 0.210. The van der Waals surface area contributed by atoms with Crippen LogP contribution in [0.25, 0.3) is 10.9 Å². The Morgan fingerprint density at radius 3 is 2.54 bits per heavy atom. The van der Waals surface area contributed by atoms with Crippen LogP contribution in [0.15, 0.2) is 30.5 Å². The first-order chi connectivity index (χ1) is 18.5. The van der Waals surface area contributed by atoms with Crippen LogP contribution in [0.5, 0.6) is 0 Å². The summed E-state index contributed by atoms with van der Waals surface area (Å²) >= 11 is 0. The van der Waals surface area contributed by atoms with E-state index in [0.29, 0.717) is 19.3 Å². The minimum atomic E-state index is -1.17. The molecule has 2 aromatic rings. The Labute approximate surface area is 226 Å². The lowest BCUT2D eigenvalue weighted by Crippen LogP contribution is -2.58. The van der Waals surface area contributed by atoms with Gasteiger partial charge in [0.15, 0.2) is 0 Å². The molecule has 5 unspecified atom stereocenters. The van der Waals surface area contributed by atoms with Crippen molar-refractivity contribution >= 4 is 40.5 Å². The Bertz CT molecular complexity index is 1210. The number of para-hydroxylation sites is 1. The Hall–Kier alpha value is -3.93. The SMILES string of the molecule is CCC(C)C(NC(=O)C(N)Cc1c[nH]c2ccccc12)C(=O)NC(CCC(N)=O)C(=O)N1CCCC1C(=O)O. The van der Waals surface area contributed by atoms with Crippen LogP contribution in [-0.2, 0) is 30.4 Å². The van der Waals surface area contributed by atoms with Crippen molar-refractivity contribution in [2.24, 2.45) is 17.4 Å². The number of primary amides is 1. The van der Waals surface area contributed by atoms with E-state index in [1.165, 1.54) is 4.90 Å². The molecule has 0 aliphatic carbocycles. The molecule has 1 aliphatic heterocycles. The highest BCUT2D eigenvalue weighted by atomic mass is 16.4. The van der Waals surface area contributed by atoms with Gasteiger partial charge in [0.1, 0.15) is 18.1 Å². The number of amides is 4. The number of hydrogen-bond acceptors (Lipinski definition) is 6. The summed E-state index contributed by atoms with van der Waals surface area (Å²) < 4.78 is 0. The zero-order valence-corrected chi connectivity index (χ0v) is 22.3. The second-order valence-corrected chi connectivity index (χ2v) is 10.1. The van der Waals surface area contributed by atoms with E-state index in [-0.39, 0.29) is 31.7 Å². The van der Waals surface area contributed by atoms with Gasteiger partial charge in [-0.15, -0.1) is 0 Å². The lowest BCUT2D eigenvalue weighted by Gasteiger charge is -2.30. The molecule has 1 fully saturated rings. The maximum atomic E-state index is 13.4. The van der Waals surface area contributed by atoms with Crippen molar-refractivity contribution in [3.8, 4) is 0 Å². The molecular weight excluding hydrogens is 504 g/mol. The van der Waals surface area contributed by atoms with Gasteiger partial charge in [0.2, 0.25) is 23.6 Å². The van der Waals surface area contributed by atoms with E-state index >= 15 is 0 Å². The molecule has 1 aromatic carbocycles. The predicted molar refractivity (Wildman–Crippen MR) is 144 cm³/mol. The monoisotopic (exact) mass is 542 g/mol. The fourth-order valence-electron chi connectivity index (χ4n) is 4.89. The molecule has 0 saturated carbocycles. The van der Waals surface area contributed by atoms with Crippen LogP contribution in [-0.4, -0.2) is 75.3 Å². The van der Waals surface area contributed by atoms with E-state index in [2.05, 4.69) is 15.6 Å². The third-order valence-corrected chi connectivity index (χ3v) is 7.36. The van der Waals surface area contributed by atoms with E-state index < -0.39 is 53.8 Å². The summed E-state index contributed by atoms with van der Waals surface area (Å²) in [6.45, 7) is 3.88. The molecule has 5 atom stereocenters. The highest BCUT2D eigenvalue weighted by molar-refractivity contribution is 5.95. The van der Waals surface area contributed by atoms with Gasteiger partial charge >= 0.3 is 5.97 Å². The van der Waals surface area contributed by atoms with Crippen molar-refractivity contribution in [2.75, 3.05) is 6.54 Å². The Morgan fingerprint density at radius 2 is 1.87 bits per heavy atom. The van der Waals surface area contributed by atoms with Crippen LogP contribution in [0.2, 0.25) is 0 Å². The van der Waals surface area contributed by atoms with Crippen molar-refractivity contribution in [1.29, 1.82) is 0 Å². The molecule has 12 nitrogen and oxygen atoms in total. The number of benzene rings is 1. The Kier molecular flexibility index (Phi) is 10.0. The number of carbonyl (C=O) groups excluding carboxylic acids is 4. The Balaban J connectivity index is 1.73. The van der Waals surface area contributed by atoms with Gasteiger partial charge in [0.05, 0.1) is 6.04 Å². The maximum Gasteiger partial charge on any atom is 0.326 e. The van der Waals surface area contributed by atoms with Gasteiger partial charge in [0, 0.05) is 30.1 Å². The number of H-pyrrole nitrogens is 1. The smallest absolute Gasteiger partial charge is 0.326 e. The van der Waals surface area contributed by atoms with E-state index in [1.54, 1.807) is 13.1 Å². The highest BCUT2D eigenvalue weighted by Gasteiger charge is 2.39. The summed E-state index contributed by atoms with van der Waals surface area (Å²) in [5.74, 6) is -3.83. The van der Waals surface area contributed by atoms with E-state index in [1.807, 2.05) is 31.2 Å². The molecule has 1 aliphatic rings. The predicted octanol–water partition coefficient (Wildman–Crippen LogP) is 0.395. The molecule has 1 aromatic heterocycles. The molecule has 2 heterocycles. The maximum absolute atomic E-state index is 13.4. The standard InChI is InChI=1S/C27H38N6O6/c1-3-15(2)23(32-24(35)18(28)13-16-14-30-19-8-5-4-7-17(16)19)25(36)31-20(10-11-22(29)34)26(37)33-12-6-9-21(33)27(38)39/h4-5,7-8,14-15,18,20-21,23,30H,3,6,9-13,28H2,1-2H3,(H2,29,34)(H,31,36)(H,32,35)(H,38,39). The first kappa shape index (κ1) is 29.6. The van der Waals surface area contributed by atoms with Crippen molar-refractivity contribution in [1.82, 2.24) is 20.5 Å². The average molecular weight is 543 g/mol. The molecule has 12 heteroatoms. The normalized spacial score (nSPS) is 18.2. The minimum Gasteiger partial charge on any atom is -0.480 e. The summed E-state index contributed by atoms with van der Waals surface area (Å²) in [5.41, 5.74) is 13.3. The van der Waals surface area contributed by atoms with Crippen LogP contribution >= 0.6 is 0 Å². The fourth-order valence-corrected chi connectivity index (χ4v) is 4.89. The molecule has 0 spiro atoms. The number of nitrogens with one attached hydrogen (secondary N) is 3. The summed E-state index contributed by atoms with van der Waals surface area (Å²) in [5, 5.41) is 15.8. The van der Waals surface area contributed by atoms with E-state index in [9.17, 15) is 29.1 Å². The van der Waals surface area contributed by atoms with Gasteiger partial charge in [-0.3, -0.25) is 19.2 Å². The largest absolute Gasteiger partial charge is 0.480 e. The van der Waals surface area contributed by atoms with Gasteiger partial charge in [-0.1, -0.05) is 38.5 Å². The van der Waals surface area contributed by atoms with Gasteiger partial charge in [0.25, 0.3) is 0 Å². The molecule has 0 radical (unpaired) electrons. The number of carboxylic acid groups (broad SMARTS) is 1.